The maximum absolute atomic E-state index is 11.5. The quantitative estimate of drug-likeness (QED) is 0.723. The van der Waals surface area contributed by atoms with Crippen molar-refractivity contribution in [3.05, 3.63) is 23.8 Å². The molecular formula is C15H24N2O3. The number of hydrogen-bond donors (Lipinski definition) is 2. The Hall–Kier alpha value is -1.75. The third-order valence-corrected chi connectivity index (χ3v) is 2.74. The van der Waals surface area contributed by atoms with Gasteiger partial charge < -0.3 is 20.1 Å². The van der Waals surface area contributed by atoms with Crippen molar-refractivity contribution in [2.75, 3.05) is 26.8 Å². The zero-order chi connectivity index (χ0) is 14.8. The van der Waals surface area contributed by atoms with Crippen molar-refractivity contribution in [2.24, 2.45) is 0 Å². The fraction of sp³-hybridized carbons (Fsp3) is 0.533. The molecule has 0 aliphatic carbocycles. The molecule has 0 heterocycles. The fourth-order valence-corrected chi connectivity index (χ4v) is 1.84. The minimum atomic E-state index is 0.00628. The Labute approximate surface area is 120 Å². The highest BCUT2D eigenvalue weighted by Gasteiger charge is 2.10. The first-order valence-corrected chi connectivity index (χ1v) is 6.99. The number of nitrogens with one attached hydrogen (secondary N) is 2. The largest absolute Gasteiger partial charge is 0.493 e. The second-order valence-electron chi connectivity index (χ2n) is 4.34. The van der Waals surface area contributed by atoms with E-state index in [1.807, 2.05) is 32.0 Å². The highest BCUT2D eigenvalue weighted by atomic mass is 16.5. The van der Waals surface area contributed by atoms with Gasteiger partial charge in [0.15, 0.2) is 11.5 Å². The van der Waals surface area contributed by atoms with Gasteiger partial charge in [-0.3, -0.25) is 4.79 Å². The minimum absolute atomic E-state index is 0.00628. The molecule has 0 saturated carbocycles. The van der Waals surface area contributed by atoms with Crippen LogP contribution in [0.4, 0.5) is 0 Å². The van der Waals surface area contributed by atoms with Crippen LogP contribution in [0.3, 0.4) is 0 Å². The number of methoxy groups -OCH3 is 1. The molecule has 0 aliphatic heterocycles. The van der Waals surface area contributed by atoms with Crippen LogP contribution in [0.5, 0.6) is 11.5 Å². The van der Waals surface area contributed by atoms with Crippen LogP contribution in [0.1, 0.15) is 25.8 Å². The lowest BCUT2D eigenvalue weighted by Crippen LogP contribution is -2.34. The number of benzene rings is 1. The van der Waals surface area contributed by atoms with Crippen LogP contribution in [0.2, 0.25) is 0 Å². The SMILES string of the molecule is CCCNC(=O)CNCc1cccc(OCC)c1OC. The number of para-hydroxylation sites is 1. The zero-order valence-corrected chi connectivity index (χ0v) is 12.5. The first-order chi connectivity index (χ1) is 9.72. The lowest BCUT2D eigenvalue weighted by molar-refractivity contribution is -0.120. The minimum Gasteiger partial charge on any atom is -0.493 e. The molecular weight excluding hydrogens is 256 g/mol. The third-order valence-electron chi connectivity index (χ3n) is 2.74. The predicted molar refractivity (Wildman–Crippen MR) is 79.2 cm³/mol. The number of ether oxygens (including phenoxy) is 2. The predicted octanol–water partition coefficient (Wildman–Crippen LogP) is 1.71. The lowest BCUT2D eigenvalue weighted by Gasteiger charge is -2.14. The lowest BCUT2D eigenvalue weighted by atomic mass is 10.2. The van der Waals surface area contributed by atoms with Gasteiger partial charge in [0.2, 0.25) is 5.91 Å². The number of amides is 1. The molecule has 1 aromatic carbocycles. The first-order valence-electron chi connectivity index (χ1n) is 6.99. The molecule has 0 fully saturated rings. The zero-order valence-electron chi connectivity index (χ0n) is 12.5. The summed E-state index contributed by atoms with van der Waals surface area (Å²) in [7, 11) is 1.62. The molecule has 0 bridgehead atoms. The Balaban J connectivity index is 2.55. The summed E-state index contributed by atoms with van der Waals surface area (Å²) < 4.78 is 10.9. The van der Waals surface area contributed by atoms with Crippen LogP contribution >= 0.6 is 0 Å². The van der Waals surface area contributed by atoms with Gasteiger partial charge in [0.05, 0.1) is 20.3 Å². The molecule has 0 radical (unpaired) electrons. The van der Waals surface area contributed by atoms with Crippen LogP contribution < -0.4 is 20.1 Å². The van der Waals surface area contributed by atoms with Crippen molar-refractivity contribution in [2.45, 2.75) is 26.8 Å². The molecule has 0 unspecified atom stereocenters. The van der Waals surface area contributed by atoms with E-state index in [0.717, 1.165) is 23.5 Å². The summed E-state index contributed by atoms with van der Waals surface area (Å²) in [6.45, 7) is 6.11. The Morgan fingerprint density at radius 1 is 1.30 bits per heavy atom. The number of rotatable bonds is 9. The second-order valence-corrected chi connectivity index (χ2v) is 4.34. The maximum atomic E-state index is 11.5. The molecule has 1 aromatic rings. The van der Waals surface area contributed by atoms with Crippen molar-refractivity contribution in [1.29, 1.82) is 0 Å². The summed E-state index contributed by atoms with van der Waals surface area (Å²) in [4.78, 5) is 11.5. The average molecular weight is 280 g/mol. The third kappa shape index (κ3) is 5.09. The average Bonchev–Trinajstić information content (AvgIpc) is 2.45. The summed E-state index contributed by atoms with van der Waals surface area (Å²) in [5.74, 6) is 1.45. The second kappa shape index (κ2) is 9.20. The van der Waals surface area contributed by atoms with Gasteiger partial charge in [0.25, 0.3) is 0 Å². The van der Waals surface area contributed by atoms with E-state index in [-0.39, 0.29) is 5.91 Å². The number of carbonyl (C=O) groups is 1. The maximum Gasteiger partial charge on any atom is 0.233 e. The van der Waals surface area contributed by atoms with E-state index in [2.05, 4.69) is 10.6 Å². The molecule has 1 rings (SSSR count). The summed E-state index contributed by atoms with van der Waals surface area (Å²) in [5, 5.41) is 5.93. The molecule has 2 N–H and O–H groups in total. The van der Waals surface area contributed by atoms with E-state index in [1.165, 1.54) is 0 Å². The fourth-order valence-electron chi connectivity index (χ4n) is 1.84. The molecule has 0 atom stereocenters. The molecule has 20 heavy (non-hydrogen) atoms. The molecule has 112 valence electrons. The molecule has 5 heteroatoms. The molecule has 0 aliphatic rings. The van der Waals surface area contributed by atoms with Crippen LogP contribution in [-0.2, 0) is 11.3 Å². The van der Waals surface area contributed by atoms with Crippen molar-refractivity contribution < 1.29 is 14.3 Å². The highest BCUT2D eigenvalue weighted by Crippen LogP contribution is 2.30. The van der Waals surface area contributed by atoms with Gasteiger partial charge in [0.1, 0.15) is 0 Å². The summed E-state index contributed by atoms with van der Waals surface area (Å²) in [5.41, 5.74) is 0.974. The van der Waals surface area contributed by atoms with Gasteiger partial charge in [-0.15, -0.1) is 0 Å². The first kappa shape index (κ1) is 16.3. The van der Waals surface area contributed by atoms with Crippen LogP contribution in [0.25, 0.3) is 0 Å². The molecule has 0 aromatic heterocycles. The monoisotopic (exact) mass is 280 g/mol. The van der Waals surface area contributed by atoms with Crippen molar-refractivity contribution >= 4 is 5.91 Å². The van der Waals surface area contributed by atoms with Gasteiger partial charge in [-0.2, -0.15) is 0 Å². The standard InChI is InChI=1S/C15H24N2O3/c1-4-9-17-14(18)11-16-10-12-7-6-8-13(20-5-2)15(12)19-3/h6-8,16H,4-5,9-11H2,1-3H3,(H,17,18). The van der Waals surface area contributed by atoms with Gasteiger partial charge in [-0.1, -0.05) is 19.1 Å². The normalized spacial score (nSPS) is 10.2. The molecule has 5 nitrogen and oxygen atoms in total. The number of carbonyl (C=O) groups excluding carboxylic acids is 1. The molecule has 0 spiro atoms. The summed E-state index contributed by atoms with van der Waals surface area (Å²) in [6, 6.07) is 5.75. The topological polar surface area (TPSA) is 59.6 Å². The number of hydrogen-bond acceptors (Lipinski definition) is 4. The Bertz CT molecular complexity index is 422. The summed E-state index contributed by atoms with van der Waals surface area (Å²) >= 11 is 0. The van der Waals surface area contributed by atoms with E-state index in [0.29, 0.717) is 26.2 Å². The Morgan fingerprint density at radius 2 is 2.10 bits per heavy atom. The van der Waals surface area contributed by atoms with Crippen molar-refractivity contribution in [3.63, 3.8) is 0 Å². The Morgan fingerprint density at radius 3 is 2.75 bits per heavy atom. The van der Waals surface area contributed by atoms with Crippen molar-refractivity contribution in [1.82, 2.24) is 10.6 Å². The van der Waals surface area contributed by atoms with Crippen LogP contribution in [-0.4, -0.2) is 32.7 Å². The van der Waals surface area contributed by atoms with Gasteiger partial charge in [-0.05, 0) is 19.4 Å². The van der Waals surface area contributed by atoms with E-state index in [9.17, 15) is 4.79 Å². The highest BCUT2D eigenvalue weighted by molar-refractivity contribution is 5.77. The van der Waals surface area contributed by atoms with Gasteiger partial charge in [0, 0.05) is 18.7 Å². The Kier molecular flexibility index (Phi) is 7.50. The van der Waals surface area contributed by atoms with E-state index < -0.39 is 0 Å². The van der Waals surface area contributed by atoms with Gasteiger partial charge >= 0.3 is 0 Å². The van der Waals surface area contributed by atoms with E-state index in [4.69, 9.17) is 9.47 Å². The van der Waals surface area contributed by atoms with Gasteiger partial charge in [-0.25, -0.2) is 0 Å². The van der Waals surface area contributed by atoms with E-state index >= 15 is 0 Å². The van der Waals surface area contributed by atoms with E-state index in [1.54, 1.807) is 7.11 Å². The van der Waals surface area contributed by atoms with Crippen LogP contribution in [0, 0.1) is 0 Å². The van der Waals surface area contributed by atoms with Crippen LogP contribution in [0.15, 0.2) is 18.2 Å². The molecule has 0 saturated heterocycles. The summed E-state index contributed by atoms with van der Waals surface area (Å²) in [6.07, 6.45) is 0.940. The molecule has 1 amide bonds. The smallest absolute Gasteiger partial charge is 0.233 e. The van der Waals surface area contributed by atoms with Crippen molar-refractivity contribution in [3.8, 4) is 11.5 Å².